The minimum atomic E-state index is -3.21. The summed E-state index contributed by atoms with van der Waals surface area (Å²) in [6.45, 7) is 4.12. The number of hydrogen-bond donors (Lipinski definition) is 3. The topological polar surface area (TPSA) is 108 Å². The number of amides is 1. The highest BCUT2D eigenvalue weighted by Crippen LogP contribution is 2.37. The smallest absolute Gasteiger partial charge is 0.250 e. The van der Waals surface area contributed by atoms with Gasteiger partial charge in [-0.25, -0.2) is 17.1 Å². The van der Waals surface area contributed by atoms with Crippen molar-refractivity contribution in [1.29, 1.82) is 0 Å². The second-order valence-electron chi connectivity index (χ2n) is 10.1. The Hall–Kier alpha value is -2.75. The number of primary amides is 1. The van der Waals surface area contributed by atoms with Gasteiger partial charge in [-0.3, -0.25) is 4.79 Å². The first-order valence-electron chi connectivity index (χ1n) is 12.7. The van der Waals surface area contributed by atoms with E-state index in [1.807, 2.05) is 18.3 Å². The van der Waals surface area contributed by atoms with E-state index in [2.05, 4.69) is 10.3 Å². The molecule has 1 amide bonds. The molecule has 2 fully saturated rings. The first-order chi connectivity index (χ1) is 17.2. The summed E-state index contributed by atoms with van der Waals surface area (Å²) in [5.41, 5.74) is 10.1. The molecule has 4 N–H and O–H groups in total. The highest BCUT2D eigenvalue weighted by atomic mass is 32.2. The minimum absolute atomic E-state index is 0.0990. The molecule has 1 aliphatic heterocycles. The van der Waals surface area contributed by atoms with Crippen LogP contribution >= 0.6 is 0 Å². The number of aromatic nitrogens is 1. The molecule has 0 atom stereocenters. The average Bonchev–Trinajstić information content (AvgIpc) is 3.59. The number of sulfonamides is 1. The van der Waals surface area contributed by atoms with Crippen molar-refractivity contribution < 1.29 is 17.6 Å². The average molecular weight is 513 g/mol. The maximum atomic E-state index is 14.6. The van der Waals surface area contributed by atoms with Gasteiger partial charge in [0, 0.05) is 31.2 Å². The van der Waals surface area contributed by atoms with Crippen molar-refractivity contribution in [2.45, 2.75) is 45.1 Å². The summed E-state index contributed by atoms with van der Waals surface area (Å²) in [7, 11) is -3.21. The summed E-state index contributed by atoms with van der Waals surface area (Å²) in [5.74, 6) is 0.103. The van der Waals surface area contributed by atoms with Crippen molar-refractivity contribution in [3.05, 3.63) is 59.0 Å². The molecule has 1 aliphatic carbocycles. The lowest BCUT2D eigenvalue weighted by molar-refractivity contribution is 0.100. The lowest BCUT2D eigenvalue weighted by Gasteiger charge is -2.31. The standard InChI is InChI=1S/C27H33FN4O3S/c1-2-36(34,35)32-7-5-19(6-8-32)25-16-31-26-23(25)12-21(13-24(26)27(29)33)20-9-18(10-22(28)11-20)15-30-14-17-3-4-17/h9-13,16-17,19,30-31H,2-8,14-15H2,1H3,(H2,29,33). The van der Waals surface area contributed by atoms with Gasteiger partial charge in [0.05, 0.1) is 16.8 Å². The van der Waals surface area contributed by atoms with E-state index in [1.165, 1.54) is 25.0 Å². The Kier molecular flexibility index (Phi) is 6.89. The Morgan fingerprint density at radius 1 is 1.11 bits per heavy atom. The Morgan fingerprint density at radius 3 is 2.50 bits per heavy atom. The monoisotopic (exact) mass is 512 g/mol. The zero-order chi connectivity index (χ0) is 25.4. The third kappa shape index (κ3) is 5.19. The van der Waals surface area contributed by atoms with E-state index in [1.54, 1.807) is 17.3 Å². The number of nitrogens with one attached hydrogen (secondary N) is 2. The predicted octanol–water partition coefficient (Wildman–Crippen LogP) is 4.10. The number of carbonyl (C=O) groups excluding carboxylic acids is 1. The quantitative estimate of drug-likeness (QED) is 0.401. The SMILES string of the molecule is CCS(=O)(=O)N1CCC(c2c[nH]c3c(C(N)=O)cc(-c4cc(F)cc(CNCC5CC5)c4)cc23)CC1. The fourth-order valence-electron chi connectivity index (χ4n) is 5.24. The number of rotatable bonds is 9. The molecule has 3 aromatic rings. The molecule has 2 aliphatic rings. The van der Waals surface area contributed by atoms with Crippen molar-refractivity contribution in [3.8, 4) is 11.1 Å². The Labute approximate surface area is 211 Å². The van der Waals surface area contributed by atoms with Crippen LogP contribution in [0.25, 0.3) is 22.0 Å². The molecule has 36 heavy (non-hydrogen) atoms. The fourth-order valence-corrected chi connectivity index (χ4v) is 6.37. The van der Waals surface area contributed by atoms with Crippen molar-refractivity contribution >= 4 is 26.8 Å². The van der Waals surface area contributed by atoms with Crippen LogP contribution in [-0.2, 0) is 16.6 Å². The highest BCUT2D eigenvalue weighted by molar-refractivity contribution is 7.89. The molecule has 9 heteroatoms. The van der Waals surface area contributed by atoms with Gasteiger partial charge in [-0.2, -0.15) is 0 Å². The van der Waals surface area contributed by atoms with Crippen molar-refractivity contribution in [2.75, 3.05) is 25.4 Å². The van der Waals surface area contributed by atoms with Crippen molar-refractivity contribution in [1.82, 2.24) is 14.6 Å². The number of piperidine rings is 1. The summed E-state index contributed by atoms with van der Waals surface area (Å²) in [5, 5.41) is 4.27. The first kappa shape index (κ1) is 24.9. The number of nitrogens with zero attached hydrogens (tertiary/aromatic N) is 1. The minimum Gasteiger partial charge on any atom is -0.366 e. The lowest BCUT2D eigenvalue weighted by atomic mass is 9.88. The Bertz CT molecular complexity index is 1390. The zero-order valence-electron chi connectivity index (χ0n) is 20.5. The molecule has 2 aromatic carbocycles. The molecule has 2 heterocycles. The van der Waals surface area contributed by atoms with Gasteiger partial charge < -0.3 is 16.0 Å². The van der Waals surface area contributed by atoms with Gasteiger partial charge in [0.1, 0.15) is 5.82 Å². The number of H-pyrrole nitrogens is 1. The summed E-state index contributed by atoms with van der Waals surface area (Å²) in [4.78, 5) is 15.6. The molecule has 0 spiro atoms. The number of nitrogens with two attached hydrogens (primary N) is 1. The van der Waals surface area contributed by atoms with E-state index in [0.717, 1.165) is 34.5 Å². The van der Waals surface area contributed by atoms with E-state index >= 15 is 0 Å². The van der Waals surface area contributed by atoms with Gasteiger partial charge in [-0.15, -0.1) is 0 Å². The van der Waals surface area contributed by atoms with Crippen molar-refractivity contribution in [2.24, 2.45) is 11.7 Å². The summed E-state index contributed by atoms with van der Waals surface area (Å²) < 4.78 is 40.7. The van der Waals surface area contributed by atoms with Crippen LogP contribution < -0.4 is 11.1 Å². The maximum absolute atomic E-state index is 14.6. The summed E-state index contributed by atoms with van der Waals surface area (Å²) in [6.07, 6.45) is 5.79. The van der Waals surface area contributed by atoms with Gasteiger partial charge in [0.15, 0.2) is 0 Å². The molecular formula is C27H33FN4O3S. The molecule has 5 rings (SSSR count). The summed E-state index contributed by atoms with van der Waals surface area (Å²) in [6, 6.07) is 8.68. The van der Waals surface area contributed by atoms with Crippen LogP contribution in [0.5, 0.6) is 0 Å². The van der Waals surface area contributed by atoms with Crippen LogP contribution in [0.1, 0.15) is 60.0 Å². The molecular weight excluding hydrogens is 479 g/mol. The van der Waals surface area contributed by atoms with E-state index in [-0.39, 0.29) is 17.5 Å². The van der Waals surface area contributed by atoms with E-state index < -0.39 is 15.9 Å². The molecule has 1 saturated heterocycles. The highest BCUT2D eigenvalue weighted by Gasteiger charge is 2.29. The number of benzene rings is 2. The third-order valence-corrected chi connectivity index (χ3v) is 9.37. The van der Waals surface area contributed by atoms with Gasteiger partial charge in [0.2, 0.25) is 10.0 Å². The van der Waals surface area contributed by atoms with Crippen molar-refractivity contribution in [3.63, 3.8) is 0 Å². The molecule has 1 saturated carbocycles. The molecule has 0 bridgehead atoms. The van der Waals surface area contributed by atoms with Crippen LogP contribution in [0, 0.1) is 11.7 Å². The second-order valence-corrected chi connectivity index (χ2v) is 12.3. The second kappa shape index (κ2) is 9.95. The number of fused-ring (bicyclic) bond motifs is 1. The molecule has 7 nitrogen and oxygen atoms in total. The van der Waals surface area contributed by atoms with E-state index in [9.17, 15) is 17.6 Å². The van der Waals surface area contributed by atoms with Gasteiger partial charge in [-0.05, 0) is 104 Å². The number of aromatic amines is 1. The van der Waals surface area contributed by atoms with E-state index in [0.29, 0.717) is 49.1 Å². The van der Waals surface area contributed by atoms with Crippen LogP contribution in [-0.4, -0.2) is 49.0 Å². The molecule has 0 unspecified atom stereocenters. The van der Waals surface area contributed by atoms with Crippen LogP contribution in [0.2, 0.25) is 0 Å². The Balaban J connectivity index is 1.47. The largest absolute Gasteiger partial charge is 0.366 e. The molecule has 1 aromatic heterocycles. The normalized spacial score (nSPS) is 17.6. The number of halogens is 1. The lowest BCUT2D eigenvalue weighted by Crippen LogP contribution is -2.38. The zero-order valence-corrected chi connectivity index (χ0v) is 21.3. The molecule has 0 radical (unpaired) electrons. The first-order valence-corrected chi connectivity index (χ1v) is 14.3. The van der Waals surface area contributed by atoms with Crippen LogP contribution in [0.3, 0.4) is 0 Å². The predicted molar refractivity (Wildman–Crippen MR) is 140 cm³/mol. The van der Waals surface area contributed by atoms with Crippen LogP contribution in [0.15, 0.2) is 36.5 Å². The van der Waals surface area contributed by atoms with Gasteiger partial charge >= 0.3 is 0 Å². The Morgan fingerprint density at radius 2 is 1.83 bits per heavy atom. The summed E-state index contributed by atoms with van der Waals surface area (Å²) >= 11 is 0. The van der Waals surface area contributed by atoms with Gasteiger partial charge in [0.25, 0.3) is 5.91 Å². The fraction of sp³-hybridized carbons (Fsp3) is 0.444. The van der Waals surface area contributed by atoms with Crippen LogP contribution in [0.4, 0.5) is 4.39 Å². The molecule has 192 valence electrons. The van der Waals surface area contributed by atoms with E-state index in [4.69, 9.17) is 5.73 Å². The number of carbonyl (C=O) groups is 1. The third-order valence-electron chi connectivity index (χ3n) is 7.49. The number of hydrogen-bond acceptors (Lipinski definition) is 4. The van der Waals surface area contributed by atoms with Gasteiger partial charge in [-0.1, -0.05) is 0 Å². The maximum Gasteiger partial charge on any atom is 0.250 e.